The summed E-state index contributed by atoms with van der Waals surface area (Å²) in [5.74, 6) is 0.690. The largest absolute Gasteiger partial charge is 0.479 e. The number of amides is 1. The highest BCUT2D eigenvalue weighted by atomic mass is 16.6. The zero-order valence-electron chi connectivity index (χ0n) is 41.3. The number of aliphatic carboxylic acids is 1. The first-order valence-electron chi connectivity index (χ1n) is 26.9. The van der Waals surface area contributed by atoms with Gasteiger partial charge in [-0.2, -0.15) is 0 Å². The number of esters is 1. The van der Waals surface area contributed by atoms with Crippen LogP contribution in [0.5, 0.6) is 0 Å². The third kappa shape index (κ3) is 8.85. The molecule has 8 fully saturated rings. The van der Waals surface area contributed by atoms with E-state index < -0.39 is 42.5 Å². The van der Waals surface area contributed by atoms with E-state index in [-0.39, 0.29) is 124 Å². The fraction of sp³-hybridized carbons (Fsp3) is 0.944. The van der Waals surface area contributed by atoms with Crippen LogP contribution in [0.4, 0.5) is 0 Å². The monoisotopic (exact) mass is 928 g/mol. The molecule has 376 valence electrons. The highest BCUT2D eigenvalue weighted by Gasteiger charge is 2.67. The van der Waals surface area contributed by atoms with E-state index in [4.69, 9.17) is 4.74 Å². The number of ether oxygens (including phenoxy) is 1. The van der Waals surface area contributed by atoms with Crippen LogP contribution in [0.15, 0.2) is 0 Å². The second-order valence-corrected chi connectivity index (χ2v) is 25.2. The van der Waals surface area contributed by atoms with Gasteiger partial charge >= 0.3 is 11.9 Å². The summed E-state index contributed by atoms with van der Waals surface area (Å²) in [6.45, 7) is 13.9. The summed E-state index contributed by atoms with van der Waals surface area (Å²) in [5, 5.41) is 80.9. The molecule has 0 heterocycles. The van der Waals surface area contributed by atoms with Crippen LogP contribution < -0.4 is 5.32 Å². The van der Waals surface area contributed by atoms with Crippen LogP contribution in [-0.2, 0) is 19.1 Å². The SMILES string of the molecule is C[C@H](CCC(=O)NCCCC[C@H](OC(=O)CC[C@@H](C)[C@H]1CC[C@H]2[C@@H]3[C@H](O)C[C@@H]4C[C@H](O)CC[C@]4(C)[C@H]3C[C@H](O)[C@]12C)C(=O)O)[C@H]1CC[C@H]2[C@@H]3[C@H](O)C[C@@H]4C[C@H](O)CC[C@]4(C)[C@H]3C[C@H](O)[C@]12C. The van der Waals surface area contributed by atoms with E-state index in [0.29, 0.717) is 57.9 Å². The molecule has 8 N–H and O–H groups in total. The number of nitrogens with one attached hydrogen (secondary N) is 1. The van der Waals surface area contributed by atoms with Crippen molar-refractivity contribution in [2.24, 2.45) is 92.7 Å². The number of unbranched alkanes of at least 4 members (excludes halogenated alkanes) is 1. The number of carboxylic acids is 1. The lowest BCUT2D eigenvalue weighted by molar-refractivity contribution is -0.207. The molecule has 8 aliphatic carbocycles. The molecule has 0 aromatic carbocycles. The lowest BCUT2D eigenvalue weighted by Crippen LogP contribution is -2.62. The van der Waals surface area contributed by atoms with Gasteiger partial charge < -0.3 is 45.8 Å². The van der Waals surface area contributed by atoms with Crippen molar-refractivity contribution in [2.45, 2.75) is 219 Å². The smallest absolute Gasteiger partial charge is 0.345 e. The number of carbonyl (C=O) groups is 3. The van der Waals surface area contributed by atoms with Gasteiger partial charge in [-0.15, -0.1) is 0 Å². The fourth-order valence-corrected chi connectivity index (χ4v) is 18.6. The predicted molar refractivity (Wildman–Crippen MR) is 249 cm³/mol. The Balaban J connectivity index is 0.750. The van der Waals surface area contributed by atoms with Crippen molar-refractivity contribution >= 4 is 17.8 Å². The van der Waals surface area contributed by atoms with Crippen molar-refractivity contribution in [2.75, 3.05) is 6.54 Å². The van der Waals surface area contributed by atoms with Gasteiger partial charge in [-0.25, -0.2) is 4.79 Å². The summed E-state index contributed by atoms with van der Waals surface area (Å²) < 4.78 is 5.53. The number of hydrogen-bond acceptors (Lipinski definition) is 10. The van der Waals surface area contributed by atoms with Crippen LogP contribution in [0.1, 0.15) is 176 Å². The topological polar surface area (TPSA) is 214 Å². The van der Waals surface area contributed by atoms with Crippen molar-refractivity contribution in [1.82, 2.24) is 5.32 Å². The Morgan fingerprint density at radius 3 is 1.53 bits per heavy atom. The van der Waals surface area contributed by atoms with Crippen molar-refractivity contribution < 1.29 is 54.9 Å². The first-order chi connectivity index (χ1) is 31.1. The second kappa shape index (κ2) is 19.4. The summed E-state index contributed by atoms with van der Waals surface area (Å²) in [6.07, 6.45) is 10.7. The van der Waals surface area contributed by atoms with Gasteiger partial charge in [0.05, 0.1) is 36.6 Å². The summed E-state index contributed by atoms with van der Waals surface area (Å²) in [6, 6.07) is 0. The number of aliphatic hydroxyl groups excluding tert-OH is 6. The zero-order valence-corrected chi connectivity index (χ0v) is 41.3. The first kappa shape index (κ1) is 50.6. The van der Waals surface area contributed by atoms with Crippen LogP contribution in [0.3, 0.4) is 0 Å². The molecule has 23 atom stereocenters. The highest BCUT2D eigenvalue weighted by Crippen LogP contribution is 2.70. The molecule has 12 nitrogen and oxygen atoms in total. The summed E-state index contributed by atoms with van der Waals surface area (Å²) in [4.78, 5) is 38.3. The van der Waals surface area contributed by atoms with Gasteiger partial charge in [0.2, 0.25) is 5.91 Å². The Bertz CT molecular complexity index is 1750. The Kier molecular flexibility index (Phi) is 14.9. The minimum absolute atomic E-state index is 0.00537. The van der Waals surface area contributed by atoms with Gasteiger partial charge in [0.25, 0.3) is 0 Å². The Morgan fingerprint density at radius 2 is 1.06 bits per heavy atom. The van der Waals surface area contributed by atoms with Gasteiger partial charge in [0.15, 0.2) is 6.10 Å². The van der Waals surface area contributed by atoms with Crippen LogP contribution in [0.2, 0.25) is 0 Å². The molecule has 0 aromatic heterocycles. The van der Waals surface area contributed by atoms with Crippen molar-refractivity contribution in [1.29, 1.82) is 0 Å². The molecular weight excluding hydrogens is 839 g/mol. The summed E-state index contributed by atoms with van der Waals surface area (Å²) in [7, 11) is 0. The predicted octanol–water partition coefficient (Wildman–Crippen LogP) is 7.02. The molecular formula is C54H89NO11. The van der Waals surface area contributed by atoms with Crippen molar-refractivity contribution in [3.8, 4) is 0 Å². The normalized spacial score (nSPS) is 48.5. The minimum atomic E-state index is -1.26. The van der Waals surface area contributed by atoms with Crippen LogP contribution >= 0.6 is 0 Å². The zero-order chi connectivity index (χ0) is 47.7. The number of rotatable bonds is 15. The first-order valence-corrected chi connectivity index (χ1v) is 26.9. The molecule has 66 heavy (non-hydrogen) atoms. The van der Waals surface area contributed by atoms with E-state index in [2.05, 4.69) is 46.9 Å². The van der Waals surface area contributed by atoms with E-state index in [1.54, 1.807) is 0 Å². The van der Waals surface area contributed by atoms with E-state index >= 15 is 0 Å². The van der Waals surface area contributed by atoms with Gasteiger partial charge in [0, 0.05) is 19.4 Å². The third-order valence-corrected chi connectivity index (χ3v) is 22.4. The maximum absolute atomic E-state index is 13.1. The lowest BCUT2D eigenvalue weighted by atomic mass is 9.43. The Labute approximate surface area is 395 Å². The number of carboxylic acid groups (broad SMARTS) is 1. The lowest BCUT2D eigenvalue weighted by Gasteiger charge is -2.63. The Morgan fingerprint density at radius 1 is 0.591 bits per heavy atom. The fourth-order valence-electron chi connectivity index (χ4n) is 18.6. The van der Waals surface area contributed by atoms with Gasteiger partial charge in [-0.1, -0.05) is 41.5 Å². The van der Waals surface area contributed by atoms with Gasteiger partial charge in [-0.05, 0) is 215 Å². The molecule has 0 unspecified atom stereocenters. The molecule has 0 spiro atoms. The second-order valence-electron chi connectivity index (χ2n) is 25.2. The number of carbonyl (C=O) groups excluding carboxylic acids is 2. The molecule has 8 saturated carbocycles. The number of fused-ring (bicyclic) bond motifs is 10. The molecule has 8 rings (SSSR count). The molecule has 8 aliphatic rings. The quantitative estimate of drug-likeness (QED) is 0.0617. The summed E-state index contributed by atoms with van der Waals surface area (Å²) in [5.41, 5.74) is -0.661. The molecule has 0 bridgehead atoms. The molecule has 0 aromatic rings. The molecule has 0 radical (unpaired) electrons. The minimum Gasteiger partial charge on any atom is -0.479 e. The standard InChI is InChI=1S/C54H89NO11/c1-29(35-12-14-37-48-39(27-44(60)53(35,37)5)51(3)20-18-33(56)23-31(51)25-41(48)58)10-16-46(62)55-22-8-7-9-43(50(64)65)66-47(63)17-11-30(2)36-13-15-38-49-40(28-45(61)54(36,38)6)52(4)21-19-34(57)24-32(52)26-42(49)59/h29-45,48-49,56-61H,7-28H2,1-6H3,(H,55,62)(H,64,65)/t29-,30-,31+,32+,33-,34-,35-,36-,37+,38+,39+,40+,41-,42-,43+,44+,45+,48+,49+,51+,52+,53-,54-/m1/s1. The van der Waals surface area contributed by atoms with E-state index in [9.17, 15) is 50.1 Å². The number of aliphatic hydroxyl groups is 6. The average molecular weight is 928 g/mol. The van der Waals surface area contributed by atoms with Crippen LogP contribution in [-0.4, -0.2) is 103 Å². The van der Waals surface area contributed by atoms with Crippen LogP contribution in [0.25, 0.3) is 0 Å². The van der Waals surface area contributed by atoms with Crippen LogP contribution in [0, 0.1) is 92.7 Å². The van der Waals surface area contributed by atoms with Gasteiger partial charge in [-0.3, -0.25) is 9.59 Å². The maximum atomic E-state index is 13.1. The molecule has 1 amide bonds. The van der Waals surface area contributed by atoms with E-state index in [0.717, 1.165) is 70.6 Å². The molecule has 12 heteroatoms. The van der Waals surface area contributed by atoms with Gasteiger partial charge in [0.1, 0.15) is 0 Å². The summed E-state index contributed by atoms with van der Waals surface area (Å²) >= 11 is 0. The third-order valence-electron chi connectivity index (χ3n) is 22.4. The van der Waals surface area contributed by atoms with Crippen molar-refractivity contribution in [3.05, 3.63) is 0 Å². The van der Waals surface area contributed by atoms with Crippen molar-refractivity contribution in [3.63, 3.8) is 0 Å². The highest BCUT2D eigenvalue weighted by molar-refractivity contribution is 5.78. The van der Waals surface area contributed by atoms with E-state index in [1.807, 2.05) is 0 Å². The average Bonchev–Trinajstić information content (AvgIpc) is 3.81. The molecule has 0 aliphatic heterocycles. The maximum Gasteiger partial charge on any atom is 0.345 e. The number of hydrogen-bond donors (Lipinski definition) is 8. The Hall–Kier alpha value is -1.83. The van der Waals surface area contributed by atoms with E-state index in [1.165, 1.54) is 0 Å². The molecule has 0 saturated heterocycles.